The van der Waals surface area contributed by atoms with E-state index in [1.807, 2.05) is 66.7 Å². The minimum Gasteiger partial charge on any atom is -0.492 e. The predicted octanol–water partition coefficient (Wildman–Crippen LogP) is 4.84. The average molecular weight is 500 g/mol. The van der Waals surface area contributed by atoms with Gasteiger partial charge >= 0.3 is 0 Å². The number of halogens is 1. The highest BCUT2D eigenvalue weighted by atomic mass is 19.1. The van der Waals surface area contributed by atoms with Crippen LogP contribution in [0, 0.1) is 28.5 Å². The molecule has 0 saturated heterocycles. The number of rotatable bonds is 5. The maximum absolute atomic E-state index is 13.4. The van der Waals surface area contributed by atoms with Crippen LogP contribution >= 0.6 is 0 Å². The summed E-state index contributed by atoms with van der Waals surface area (Å²) in [6, 6.07) is 27.3. The van der Waals surface area contributed by atoms with Crippen molar-refractivity contribution < 1.29 is 9.50 Å². The Hall–Kier alpha value is -5.80. The van der Waals surface area contributed by atoms with Gasteiger partial charge < -0.3 is 5.11 Å². The van der Waals surface area contributed by atoms with Crippen LogP contribution in [0.4, 0.5) is 4.39 Å². The van der Waals surface area contributed by atoms with Crippen LogP contribution in [0.2, 0.25) is 0 Å². The third kappa shape index (κ3) is 4.32. The summed E-state index contributed by atoms with van der Waals surface area (Å²) >= 11 is 0. The van der Waals surface area contributed by atoms with E-state index in [9.17, 15) is 24.8 Å². The molecule has 8 nitrogen and oxygen atoms in total. The molecule has 5 aromatic rings. The molecule has 38 heavy (non-hydrogen) atoms. The van der Waals surface area contributed by atoms with E-state index in [1.54, 1.807) is 16.9 Å². The maximum atomic E-state index is 13.4. The Morgan fingerprint density at radius 3 is 2.13 bits per heavy atom. The highest BCUT2D eigenvalue weighted by Crippen LogP contribution is 2.31. The normalized spacial score (nSPS) is 10.8. The zero-order valence-electron chi connectivity index (χ0n) is 19.7. The van der Waals surface area contributed by atoms with Crippen LogP contribution in [-0.2, 0) is 0 Å². The molecule has 0 amide bonds. The van der Waals surface area contributed by atoms with Gasteiger partial charge in [-0.3, -0.25) is 4.79 Å². The molecule has 9 heteroatoms. The van der Waals surface area contributed by atoms with Crippen LogP contribution in [0.1, 0.15) is 16.7 Å². The molecule has 1 N–H and O–H groups in total. The van der Waals surface area contributed by atoms with E-state index in [2.05, 4.69) is 10.2 Å². The van der Waals surface area contributed by atoms with Crippen molar-refractivity contribution in [1.82, 2.24) is 14.5 Å². The van der Waals surface area contributed by atoms with E-state index in [4.69, 9.17) is 0 Å². The summed E-state index contributed by atoms with van der Waals surface area (Å²) in [4.78, 5) is 13.2. The molecule has 0 fully saturated rings. The first-order chi connectivity index (χ1) is 18.5. The third-order valence-electron chi connectivity index (χ3n) is 5.81. The molecule has 0 aliphatic heterocycles. The van der Waals surface area contributed by atoms with E-state index in [-0.39, 0.29) is 16.7 Å². The lowest BCUT2D eigenvalue weighted by Gasteiger charge is -2.11. The Bertz CT molecular complexity index is 1810. The Balaban J connectivity index is 1.67. The Morgan fingerprint density at radius 2 is 1.50 bits per heavy atom. The Kier molecular flexibility index (Phi) is 6.33. The fourth-order valence-corrected chi connectivity index (χ4v) is 4.01. The third-order valence-corrected chi connectivity index (χ3v) is 5.81. The zero-order chi connectivity index (χ0) is 26.6. The average Bonchev–Trinajstić information content (AvgIpc) is 3.38. The van der Waals surface area contributed by atoms with E-state index in [0.717, 1.165) is 23.4 Å². The summed E-state index contributed by atoms with van der Waals surface area (Å²) in [6.45, 7) is 0. The molecular formula is C29H17FN6O2. The summed E-state index contributed by atoms with van der Waals surface area (Å²) in [6.07, 6.45) is 3.04. The van der Waals surface area contributed by atoms with E-state index >= 15 is 0 Å². The van der Waals surface area contributed by atoms with Gasteiger partial charge in [-0.2, -0.15) is 25.4 Å². The second kappa shape index (κ2) is 10.1. The van der Waals surface area contributed by atoms with Gasteiger partial charge in [-0.25, -0.2) is 9.07 Å². The SMILES string of the molecule is N#Cc1c(-c2ccc(F)cc2)c(C#N)c(=O)n(/N=C/c2cn(-c3ccccc3)nc2-c2ccccc2)c1O. The van der Waals surface area contributed by atoms with Gasteiger partial charge in [0, 0.05) is 22.9 Å². The largest absolute Gasteiger partial charge is 0.492 e. The molecule has 2 heterocycles. The van der Waals surface area contributed by atoms with Crippen LogP contribution in [-0.4, -0.2) is 25.8 Å². The lowest BCUT2D eigenvalue weighted by Crippen LogP contribution is -2.22. The summed E-state index contributed by atoms with van der Waals surface area (Å²) in [5.41, 5.74) is 1.13. The first kappa shape index (κ1) is 23.9. The van der Waals surface area contributed by atoms with Gasteiger partial charge in [-0.1, -0.05) is 60.7 Å². The second-order valence-electron chi connectivity index (χ2n) is 8.12. The molecule has 0 spiro atoms. The number of nitriles is 2. The van der Waals surface area contributed by atoms with Crippen LogP contribution in [0.3, 0.4) is 0 Å². The number of aromatic nitrogens is 3. The Morgan fingerprint density at radius 1 is 0.868 bits per heavy atom. The van der Waals surface area contributed by atoms with Crippen molar-refractivity contribution in [2.45, 2.75) is 0 Å². The molecule has 182 valence electrons. The van der Waals surface area contributed by atoms with Crippen molar-refractivity contribution in [2.75, 3.05) is 0 Å². The van der Waals surface area contributed by atoms with Crippen LogP contribution < -0.4 is 5.56 Å². The van der Waals surface area contributed by atoms with Gasteiger partial charge in [0.15, 0.2) is 0 Å². The van der Waals surface area contributed by atoms with Crippen LogP contribution in [0.25, 0.3) is 28.1 Å². The number of hydrogen-bond acceptors (Lipinski definition) is 6. The minimum absolute atomic E-state index is 0.0918. The van der Waals surface area contributed by atoms with E-state index in [0.29, 0.717) is 15.9 Å². The second-order valence-corrected chi connectivity index (χ2v) is 8.12. The number of para-hydroxylation sites is 1. The van der Waals surface area contributed by atoms with E-state index < -0.39 is 22.8 Å². The van der Waals surface area contributed by atoms with Gasteiger partial charge in [-0.15, -0.1) is 0 Å². The number of aromatic hydroxyl groups is 1. The number of pyridine rings is 1. The quantitative estimate of drug-likeness (QED) is 0.346. The highest BCUT2D eigenvalue weighted by Gasteiger charge is 2.23. The summed E-state index contributed by atoms with van der Waals surface area (Å²) in [5.74, 6) is -1.28. The fourth-order valence-electron chi connectivity index (χ4n) is 4.01. The standard InChI is InChI=1S/C29H17FN6O2/c30-22-13-11-19(12-14-22)26-24(15-31)28(37)36(29(38)25(26)16-32)33-17-21-18-35(23-9-5-2-6-10-23)34-27(21)20-7-3-1-4-8-20/h1-14,17-18,37H/b33-17+. The highest BCUT2D eigenvalue weighted by molar-refractivity contribution is 5.89. The molecular weight excluding hydrogens is 483 g/mol. The number of benzene rings is 3. The lowest BCUT2D eigenvalue weighted by atomic mass is 9.97. The fraction of sp³-hybridized carbons (Fsp3) is 0. The summed E-state index contributed by atoms with van der Waals surface area (Å²) < 4.78 is 15.7. The van der Waals surface area contributed by atoms with Gasteiger partial charge in [0.2, 0.25) is 5.88 Å². The van der Waals surface area contributed by atoms with E-state index in [1.165, 1.54) is 18.3 Å². The molecule has 0 aliphatic rings. The van der Waals surface area contributed by atoms with Gasteiger partial charge in [0.25, 0.3) is 5.56 Å². The van der Waals surface area contributed by atoms with Crippen molar-refractivity contribution in [3.05, 3.63) is 124 Å². The monoisotopic (exact) mass is 500 g/mol. The first-order valence-electron chi connectivity index (χ1n) is 11.3. The molecule has 0 aliphatic carbocycles. The van der Waals surface area contributed by atoms with Crippen molar-refractivity contribution in [1.29, 1.82) is 10.5 Å². The molecule has 0 radical (unpaired) electrons. The number of nitrogens with zero attached hydrogens (tertiary/aromatic N) is 6. The molecule has 0 saturated carbocycles. The van der Waals surface area contributed by atoms with Crippen molar-refractivity contribution in [3.63, 3.8) is 0 Å². The zero-order valence-corrected chi connectivity index (χ0v) is 19.7. The van der Waals surface area contributed by atoms with Crippen LogP contribution in [0.5, 0.6) is 5.88 Å². The first-order valence-corrected chi connectivity index (χ1v) is 11.3. The molecule has 5 rings (SSSR count). The lowest BCUT2D eigenvalue weighted by molar-refractivity contribution is 0.419. The maximum Gasteiger partial charge on any atom is 0.292 e. The number of hydrogen-bond donors (Lipinski definition) is 1. The molecule has 3 aromatic carbocycles. The minimum atomic E-state index is -0.934. The molecule has 2 aromatic heterocycles. The topological polar surface area (TPSA) is 120 Å². The van der Waals surface area contributed by atoms with Gasteiger partial charge in [0.05, 0.1) is 11.9 Å². The van der Waals surface area contributed by atoms with Gasteiger partial charge in [-0.05, 0) is 29.8 Å². The van der Waals surface area contributed by atoms with Crippen molar-refractivity contribution in [2.24, 2.45) is 5.10 Å². The predicted molar refractivity (Wildman–Crippen MR) is 139 cm³/mol. The van der Waals surface area contributed by atoms with Crippen LogP contribution in [0.15, 0.2) is 101 Å². The molecule has 0 unspecified atom stereocenters. The Labute approximate surface area is 216 Å². The molecule has 0 bridgehead atoms. The van der Waals surface area contributed by atoms with Crippen molar-refractivity contribution >= 4 is 6.21 Å². The smallest absolute Gasteiger partial charge is 0.292 e. The summed E-state index contributed by atoms with van der Waals surface area (Å²) in [7, 11) is 0. The molecule has 0 atom stereocenters. The van der Waals surface area contributed by atoms with Crippen molar-refractivity contribution in [3.8, 4) is 46.1 Å². The van der Waals surface area contributed by atoms with Gasteiger partial charge in [0.1, 0.15) is 34.8 Å². The summed E-state index contributed by atoms with van der Waals surface area (Å²) in [5, 5.41) is 39.2.